The summed E-state index contributed by atoms with van der Waals surface area (Å²) in [6.45, 7) is 0. The van der Waals surface area contributed by atoms with Gasteiger partial charge in [-0.15, -0.1) is 0 Å². The Morgan fingerprint density at radius 3 is 2.47 bits per heavy atom. The zero-order valence-electron chi connectivity index (χ0n) is 8.35. The standard InChI is InChI=1S/C10H8F3NO2S/c11-10(12,13)17-7-3-1-2-6(4-7)9(16)8(15)5-14/h1-4,8-9,15-16H. The molecule has 0 fully saturated rings. The van der Waals surface area contributed by atoms with Gasteiger partial charge in [0.15, 0.2) is 6.10 Å². The minimum atomic E-state index is -4.42. The number of nitrogens with zero attached hydrogens (tertiary/aromatic N) is 1. The number of benzene rings is 1. The quantitative estimate of drug-likeness (QED) is 0.648. The maximum absolute atomic E-state index is 12.1. The van der Waals surface area contributed by atoms with E-state index >= 15 is 0 Å². The molecule has 1 aromatic carbocycles. The van der Waals surface area contributed by atoms with Crippen molar-refractivity contribution in [2.24, 2.45) is 0 Å². The third-order valence-corrected chi connectivity index (χ3v) is 2.59. The van der Waals surface area contributed by atoms with E-state index in [1.807, 2.05) is 0 Å². The van der Waals surface area contributed by atoms with Gasteiger partial charge in [-0.3, -0.25) is 0 Å². The van der Waals surface area contributed by atoms with Gasteiger partial charge in [0.2, 0.25) is 0 Å². The number of nitriles is 1. The van der Waals surface area contributed by atoms with Crippen LogP contribution in [0.2, 0.25) is 0 Å². The third-order valence-electron chi connectivity index (χ3n) is 1.86. The highest BCUT2D eigenvalue weighted by Crippen LogP contribution is 2.37. The van der Waals surface area contributed by atoms with E-state index in [1.54, 1.807) is 0 Å². The lowest BCUT2D eigenvalue weighted by molar-refractivity contribution is -0.0328. The smallest absolute Gasteiger partial charge is 0.385 e. The molecule has 0 aromatic heterocycles. The van der Waals surface area contributed by atoms with Crippen LogP contribution >= 0.6 is 11.8 Å². The molecular formula is C10H8F3NO2S. The van der Waals surface area contributed by atoms with Crippen molar-refractivity contribution in [3.8, 4) is 6.07 Å². The number of aliphatic hydroxyl groups is 2. The summed E-state index contributed by atoms with van der Waals surface area (Å²) in [4.78, 5) is -0.112. The second kappa shape index (κ2) is 5.40. The summed E-state index contributed by atoms with van der Waals surface area (Å²) in [6, 6.07) is 6.38. The molecule has 0 aliphatic carbocycles. The van der Waals surface area contributed by atoms with Crippen LogP contribution in [0, 0.1) is 11.3 Å². The van der Waals surface area contributed by atoms with E-state index in [1.165, 1.54) is 24.3 Å². The van der Waals surface area contributed by atoms with Gasteiger partial charge < -0.3 is 10.2 Å². The summed E-state index contributed by atoms with van der Waals surface area (Å²) in [7, 11) is 0. The summed E-state index contributed by atoms with van der Waals surface area (Å²) < 4.78 is 36.3. The van der Waals surface area contributed by atoms with Crippen molar-refractivity contribution in [2.75, 3.05) is 0 Å². The van der Waals surface area contributed by atoms with Crippen LogP contribution in [-0.4, -0.2) is 21.8 Å². The van der Waals surface area contributed by atoms with Crippen LogP contribution in [0.1, 0.15) is 11.7 Å². The molecule has 0 aliphatic heterocycles. The molecular weight excluding hydrogens is 255 g/mol. The number of hydrogen-bond acceptors (Lipinski definition) is 4. The summed E-state index contributed by atoms with van der Waals surface area (Å²) in [5, 5.41) is 26.9. The van der Waals surface area contributed by atoms with Crippen LogP contribution in [0.15, 0.2) is 29.2 Å². The predicted molar refractivity (Wildman–Crippen MR) is 54.9 cm³/mol. The van der Waals surface area contributed by atoms with E-state index < -0.39 is 17.7 Å². The molecule has 0 radical (unpaired) electrons. The minimum Gasteiger partial charge on any atom is -0.385 e. The second-order valence-corrected chi connectivity index (χ2v) is 4.28. The third kappa shape index (κ3) is 4.26. The van der Waals surface area contributed by atoms with Crippen LogP contribution in [0.5, 0.6) is 0 Å². The van der Waals surface area contributed by atoms with Gasteiger partial charge in [0.25, 0.3) is 0 Å². The fourth-order valence-electron chi connectivity index (χ4n) is 1.15. The zero-order chi connectivity index (χ0) is 13.1. The lowest BCUT2D eigenvalue weighted by Gasteiger charge is -2.13. The largest absolute Gasteiger partial charge is 0.446 e. The molecule has 3 nitrogen and oxygen atoms in total. The molecule has 0 aliphatic rings. The molecule has 0 heterocycles. The zero-order valence-corrected chi connectivity index (χ0v) is 9.16. The van der Waals surface area contributed by atoms with E-state index in [0.29, 0.717) is 0 Å². The highest BCUT2D eigenvalue weighted by molar-refractivity contribution is 8.00. The van der Waals surface area contributed by atoms with Gasteiger partial charge in [-0.05, 0) is 29.5 Å². The average molecular weight is 263 g/mol. The molecule has 1 rings (SSSR count). The van der Waals surface area contributed by atoms with Crippen molar-refractivity contribution in [3.63, 3.8) is 0 Å². The maximum Gasteiger partial charge on any atom is 0.446 e. The van der Waals surface area contributed by atoms with Gasteiger partial charge in [0.05, 0.1) is 6.07 Å². The number of hydrogen-bond donors (Lipinski definition) is 2. The van der Waals surface area contributed by atoms with Crippen molar-refractivity contribution in [2.45, 2.75) is 22.6 Å². The molecule has 17 heavy (non-hydrogen) atoms. The molecule has 0 spiro atoms. The van der Waals surface area contributed by atoms with Crippen LogP contribution in [-0.2, 0) is 0 Å². The van der Waals surface area contributed by atoms with Gasteiger partial charge in [0, 0.05) is 4.90 Å². The number of aliphatic hydroxyl groups excluding tert-OH is 2. The Morgan fingerprint density at radius 2 is 1.94 bits per heavy atom. The first kappa shape index (κ1) is 13.8. The van der Waals surface area contributed by atoms with Crippen LogP contribution in [0.3, 0.4) is 0 Å². The summed E-state index contributed by atoms with van der Waals surface area (Å²) in [5.41, 5.74) is -4.36. The van der Waals surface area contributed by atoms with E-state index in [-0.39, 0.29) is 22.2 Å². The first-order chi connectivity index (χ1) is 7.83. The summed E-state index contributed by atoms with van der Waals surface area (Å²) in [5.74, 6) is 0. The Labute approximate surface area is 99.5 Å². The minimum absolute atomic E-state index is 0.0632. The molecule has 7 heteroatoms. The molecule has 2 atom stereocenters. The summed E-state index contributed by atoms with van der Waals surface area (Å²) >= 11 is -0.324. The highest BCUT2D eigenvalue weighted by Gasteiger charge is 2.29. The SMILES string of the molecule is N#CC(O)C(O)c1cccc(SC(F)(F)F)c1. The Bertz CT molecular complexity index is 430. The topological polar surface area (TPSA) is 64.2 Å². The fourth-order valence-corrected chi connectivity index (χ4v) is 1.76. The molecule has 2 N–H and O–H groups in total. The molecule has 0 amide bonds. The van der Waals surface area contributed by atoms with E-state index in [9.17, 15) is 18.3 Å². The molecule has 0 bridgehead atoms. The van der Waals surface area contributed by atoms with Crippen LogP contribution < -0.4 is 0 Å². The Hall–Kier alpha value is -1.23. The van der Waals surface area contributed by atoms with Gasteiger partial charge >= 0.3 is 5.51 Å². The molecule has 1 aromatic rings. The normalized spacial score (nSPS) is 15.1. The van der Waals surface area contributed by atoms with Crippen molar-refractivity contribution < 1.29 is 23.4 Å². The van der Waals surface area contributed by atoms with Gasteiger partial charge in [0.1, 0.15) is 6.10 Å². The Balaban J connectivity index is 2.90. The lowest BCUT2D eigenvalue weighted by Crippen LogP contribution is -2.15. The van der Waals surface area contributed by atoms with E-state index in [4.69, 9.17) is 10.4 Å². The number of rotatable bonds is 3. The molecule has 0 saturated heterocycles. The van der Waals surface area contributed by atoms with Gasteiger partial charge in [-0.2, -0.15) is 18.4 Å². The van der Waals surface area contributed by atoms with Crippen molar-refractivity contribution in [3.05, 3.63) is 29.8 Å². The fraction of sp³-hybridized carbons (Fsp3) is 0.300. The molecule has 2 unspecified atom stereocenters. The number of halogens is 3. The maximum atomic E-state index is 12.1. The van der Waals surface area contributed by atoms with Crippen molar-refractivity contribution in [1.82, 2.24) is 0 Å². The van der Waals surface area contributed by atoms with Crippen LogP contribution in [0.4, 0.5) is 13.2 Å². The van der Waals surface area contributed by atoms with Gasteiger partial charge in [-0.1, -0.05) is 12.1 Å². The monoisotopic (exact) mass is 263 g/mol. The van der Waals surface area contributed by atoms with E-state index in [0.717, 1.165) is 6.07 Å². The average Bonchev–Trinajstić information content (AvgIpc) is 2.25. The van der Waals surface area contributed by atoms with Gasteiger partial charge in [-0.25, -0.2) is 0 Å². The first-order valence-corrected chi connectivity index (χ1v) is 5.26. The first-order valence-electron chi connectivity index (χ1n) is 4.45. The number of thioether (sulfide) groups is 1. The van der Waals surface area contributed by atoms with E-state index in [2.05, 4.69) is 0 Å². The Morgan fingerprint density at radius 1 is 1.29 bits per heavy atom. The van der Waals surface area contributed by atoms with Crippen LogP contribution in [0.25, 0.3) is 0 Å². The second-order valence-electron chi connectivity index (χ2n) is 3.14. The highest BCUT2D eigenvalue weighted by atomic mass is 32.2. The number of alkyl halides is 3. The molecule has 92 valence electrons. The molecule has 0 saturated carbocycles. The Kier molecular flexibility index (Phi) is 4.40. The van der Waals surface area contributed by atoms with Crippen molar-refractivity contribution >= 4 is 11.8 Å². The summed E-state index contributed by atoms with van der Waals surface area (Å²) in [6.07, 6.45) is -3.19. The predicted octanol–water partition coefficient (Wildman–Crippen LogP) is 2.22. The van der Waals surface area contributed by atoms with Crippen molar-refractivity contribution in [1.29, 1.82) is 5.26 Å². The lowest BCUT2D eigenvalue weighted by atomic mass is 10.1.